The molecule has 0 N–H and O–H groups in total. The molecule has 2 rings (SSSR count). The van der Waals surface area contributed by atoms with Gasteiger partial charge in [-0.2, -0.15) is 0 Å². The summed E-state index contributed by atoms with van der Waals surface area (Å²) < 4.78 is 13.8. The number of carbonyl (C=O) groups is 1. The van der Waals surface area contributed by atoms with Crippen molar-refractivity contribution in [2.75, 3.05) is 0 Å². The van der Waals surface area contributed by atoms with Gasteiger partial charge in [0.25, 0.3) is 0 Å². The van der Waals surface area contributed by atoms with Crippen molar-refractivity contribution in [3.05, 3.63) is 58.3 Å². The first kappa shape index (κ1) is 11.0. The van der Waals surface area contributed by atoms with Crippen LogP contribution in [0, 0.1) is 5.82 Å². The lowest BCUT2D eigenvalue weighted by molar-refractivity contribution is 0.112. The Balaban J connectivity index is 2.52. The predicted molar refractivity (Wildman–Crippen MR) is 64.9 cm³/mol. The molecule has 0 aliphatic heterocycles. The van der Waals surface area contributed by atoms with Crippen LogP contribution in [0.1, 0.15) is 10.4 Å². The zero-order valence-corrected chi connectivity index (χ0v) is 9.87. The zero-order valence-electron chi connectivity index (χ0n) is 8.28. The van der Waals surface area contributed by atoms with E-state index >= 15 is 0 Å². The normalized spacial score (nSPS) is 10.1. The fourth-order valence-corrected chi connectivity index (χ4v) is 1.82. The maximum atomic E-state index is 13.0. The highest BCUT2D eigenvalue weighted by molar-refractivity contribution is 9.10. The predicted octanol–water partition coefficient (Wildman–Crippen LogP) is 4.07. The van der Waals surface area contributed by atoms with Gasteiger partial charge in [0.05, 0.1) is 0 Å². The average Bonchev–Trinajstić information content (AvgIpc) is 2.29. The zero-order chi connectivity index (χ0) is 11.5. The molecule has 0 amide bonds. The van der Waals surface area contributed by atoms with E-state index in [4.69, 9.17) is 0 Å². The van der Waals surface area contributed by atoms with Gasteiger partial charge < -0.3 is 0 Å². The Bertz CT molecular complexity index is 537. The maximum absolute atomic E-state index is 13.0. The molecular weight excluding hydrogens is 271 g/mol. The van der Waals surface area contributed by atoms with E-state index in [9.17, 15) is 9.18 Å². The monoisotopic (exact) mass is 278 g/mol. The average molecular weight is 279 g/mol. The second-order valence-corrected chi connectivity index (χ2v) is 4.22. The number of hydrogen-bond acceptors (Lipinski definition) is 1. The highest BCUT2D eigenvalue weighted by Crippen LogP contribution is 2.24. The molecule has 0 fully saturated rings. The van der Waals surface area contributed by atoms with Gasteiger partial charge >= 0.3 is 0 Å². The van der Waals surface area contributed by atoms with Gasteiger partial charge in [0.15, 0.2) is 6.29 Å². The van der Waals surface area contributed by atoms with Crippen LogP contribution >= 0.6 is 15.9 Å². The highest BCUT2D eigenvalue weighted by Gasteiger charge is 2.03. The first-order chi connectivity index (χ1) is 7.70. The molecule has 0 radical (unpaired) electrons. The second kappa shape index (κ2) is 4.58. The molecule has 0 heterocycles. The molecule has 3 heteroatoms. The van der Waals surface area contributed by atoms with E-state index in [-0.39, 0.29) is 5.82 Å². The third-order valence-corrected chi connectivity index (χ3v) is 3.00. The summed E-state index contributed by atoms with van der Waals surface area (Å²) in [6, 6.07) is 11.6. The van der Waals surface area contributed by atoms with Gasteiger partial charge in [0, 0.05) is 10.0 Å². The number of halogens is 2. The molecule has 16 heavy (non-hydrogen) atoms. The lowest BCUT2D eigenvalue weighted by Gasteiger charge is -2.04. The molecule has 2 aromatic carbocycles. The van der Waals surface area contributed by atoms with E-state index in [0.717, 1.165) is 21.9 Å². The fourth-order valence-electron chi connectivity index (χ4n) is 1.48. The fraction of sp³-hybridized carbons (Fsp3) is 0. The van der Waals surface area contributed by atoms with Crippen LogP contribution in [0.5, 0.6) is 0 Å². The van der Waals surface area contributed by atoms with Crippen molar-refractivity contribution in [1.82, 2.24) is 0 Å². The topological polar surface area (TPSA) is 17.1 Å². The van der Waals surface area contributed by atoms with E-state index in [1.165, 1.54) is 12.1 Å². The Morgan fingerprint density at radius 2 is 1.81 bits per heavy atom. The summed E-state index contributed by atoms with van der Waals surface area (Å²) in [5, 5.41) is 0. The number of rotatable bonds is 2. The molecule has 2 aromatic rings. The Labute approximate surface area is 101 Å². The molecule has 0 spiro atoms. The van der Waals surface area contributed by atoms with Gasteiger partial charge in [-0.3, -0.25) is 4.79 Å². The minimum atomic E-state index is -0.284. The van der Waals surface area contributed by atoms with E-state index < -0.39 is 0 Å². The van der Waals surface area contributed by atoms with Crippen LogP contribution in [0.25, 0.3) is 11.1 Å². The number of carbonyl (C=O) groups excluding carboxylic acids is 1. The van der Waals surface area contributed by atoms with E-state index in [0.29, 0.717) is 5.56 Å². The van der Waals surface area contributed by atoms with Crippen LogP contribution < -0.4 is 0 Å². The largest absolute Gasteiger partial charge is 0.298 e. The third-order valence-electron chi connectivity index (χ3n) is 2.28. The number of aldehydes is 1. The van der Waals surface area contributed by atoms with Crippen LogP contribution in [0.3, 0.4) is 0 Å². The van der Waals surface area contributed by atoms with Crippen molar-refractivity contribution in [3.8, 4) is 11.1 Å². The van der Waals surface area contributed by atoms with Crippen molar-refractivity contribution in [2.45, 2.75) is 0 Å². The first-order valence-corrected chi connectivity index (χ1v) is 5.50. The van der Waals surface area contributed by atoms with Gasteiger partial charge in [-0.05, 0) is 35.4 Å². The van der Waals surface area contributed by atoms with Crippen molar-refractivity contribution in [3.63, 3.8) is 0 Å². The van der Waals surface area contributed by atoms with Gasteiger partial charge in [-0.25, -0.2) is 4.39 Å². The quantitative estimate of drug-likeness (QED) is 0.757. The molecule has 1 nitrogen and oxygen atoms in total. The first-order valence-electron chi connectivity index (χ1n) is 4.71. The molecular formula is C13H8BrFO. The summed E-state index contributed by atoms with van der Waals surface area (Å²) in [6.45, 7) is 0. The van der Waals surface area contributed by atoms with E-state index in [2.05, 4.69) is 15.9 Å². The van der Waals surface area contributed by atoms with Crippen molar-refractivity contribution in [1.29, 1.82) is 0 Å². The van der Waals surface area contributed by atoms with Gasteiger partial charge in [0.2, 0.25) is 0 Å². The van der Waals surface area contributed by atoms with Crippen molar-refractivity contribution < 1.29 is 9.18 Å². The molecule has 0 unspecified atom stereocenters. The molecule has 80 valence electrons. The van der Waals surface area contributed by atoms with Crippen molar-refractivity contribution in [2.24, 2.45) is 0 Å². The number of hydrogen-bond donors (Lipinski definition) is 0. The molecule has 0 aliphatic carbocycles. The number of benzene rings is 2. The molecule has 0 aliphatic rings. The highest BCUT2D eigenvalue weighted by atomic mass is 79.9. The Morgan fingerprint density at radius 1 is 1.06 bits per heavy atom. The van der Waals surface area contributed by atoms with Crippen LogP contribution in [-0.2, 0) is 0 Å². The summed E-state index contributed by atoms with van der Waals surface area (Å²) in [6.07, 6.45) is 0.771. The molecule has 0 aromatic heterocycles. The molecule has 0 bridgehead atoms. The summed E-state index contributed by atoms with van der Waals surface area (Å²) >= 11 is 3.27. The minimum Gasteiger partial charge on any atom is -0.298 e. The van der Waals surface area contributed by atoms with Crippen LogP contribution in [0.15, 0.2) is 46.9 Å². The lowest BCUT2D eigenvalue weighted by Crippen LogP contribution is -1.85. The molecule has 0 saturated heterocycles. The summed E-state index contributed by atoms with van der Waals surface area (Å²) in [4.78, 5) is 10.8. The van der Waals surface area contributed by atoms with E-state index in [1.807, 2.05) is 6.07 Å². The summed E-state index contributed by atoms with van der Waals surface area (Å²) in [5.41, 5.74) is 2.14. The lowest BCUT2D eigenvalue weighted by atomic mass is 10.0. The Morgan fingerprint density at radius 3 is 2.50 bits per heavy atom. The Hall–Kier alpha value is -1.48. The van der Waals surface area contributed by atoms with E-state index in [1.54, 1.807) is 24.3 Å². The molecule has 0 saturated carbocycles. The van der Waals surface area contributed by atoms with Crippen LogP contribution in [0.2, 0.25) is 0 Å². The summed E-state index contributed by atoms with van der Waals surface area (Å²) in [7, 11) is 0. The van der Waals surface area contributed by atoms with Gasteiger partial charge in [-0.1, -0.05) is 34.1 Å². The Kier molecular flexibility index (Phi) is 3.15. The summed E-state index contributed by atoms with van der Waals surface area (Å²) in [5.74, 6) is -0.284. The van der Waals surface area contributed by atoms with Gasteiger partial charge in [-0.15, -0.1) is 0 Å². The molecule has 0 atom stereocenters. The van der Waals surface area contributed by atoms with Gasteiger partial charge in [0.1, 0.15) is 5.82 Å². The maximum Gasteiger partial charge on any atom is 0.151 e. The van der Waals surface area contributed by atoms with Crippen LogP contribution in [-0.4, -0.2) is 6.29 Å². The van der Waals surface area contributed by atoms with Crippen molar-refractivity contribution >= 4 is 22.2 Å². The van der Waals surface area contributed by atoms with Crippen LogP contribution in [0.4, 0.5) is 4.39 Å². The standard InChI is InChI=1S/C13H8BrFO/c14-13-5-4-10(6-11(13)8-16)9-2-1-3-12(15)7-9/h1-8H. The minimum absolute atomic E-state index is 0.284. The SMILES string of the molecule is O=Cc1cc(-c2cccc(F)c2)ccc1Br. The second-order valence-electron chi connectivity index (χ2n) is 3.36. The third kappa shape index (κ3) is 2.19. The smallest absolute Gasteiger partial charge is 0.151 e.